The van der Waals surface area contributed by atoms with Crippen LogP contribution in [0.1, 0.15) is 21.5 Å². The molecule has 0 bridgehead atoms. The molecule has 1 heterocycles. The van der Waals surface area contributed by atoms with Gasteiger partial charge in [0, 0.05) is 13.7 Å². The maximum atomic E-state index is 13.3. The number of carbonyl (C=O) groups is 1. The number of carbonyl (C=O) groups excluding carboxylic acids is 1. The van der Waals surface area contributed by atoms with Crippen molar-refractivity contribution in [3.8, 4) is 0 Å². The van der Waals surface area contributed by atoms with Crippen molar-refractivity contribution in [3.63, 3.8) is 0 Å². The Bertz CT molecular complexity index is 801. The number of benzene rings is 2. The molecule has 1 atom stereocenters. The number of aromatic nitrogens is 1. The van der Waals surface area contributed by atoms with Crippen LogP contribution in [0.4, 0.5) is 4.39 Å². The van der Waals surface area contributed by atoms with Crippen LogP contribution < -0.4 is 5.32 Å². The number of ether oxygens (including phenoxy) is 1. The van der Waals surface area contributed by atoms with E-state index >= 15 is 0 Å². The largest absolute Gasteiger partial charge is 0.375 e. The van der Waals surface area contributed by atoms with Gasteiger partial charge < -0.3 is 10.1 Å². The molecule has 0 saturated heterocycles. The summed E-state index contributed by atoms with van der Waals surface area (Å²) in [6.07, 6.45) is -0.413. The molecule has 0 saturated carbocycles. The van der Waals surface area contributed by atoms with E-state index in [1.807, 2.05) is 24.3 Å². The summed E-state index contributed by atoms with van der Waals surface area (Å²) in [6.45, 7) is 0.245. The summed E-state index contributed by atoms with van der Waals surface area (Å²) >= 11 is 1.34. The third kappa shape index (κ3) is 3.55. The summed E-state index contributed by atoms with van der Waals surface area (Å²) in [4.78, 5) is 16.5. The smallest absolute Gasteiger partial charge is 0.280 e. The van der Waals surface area contributed by atoms with Crippen LogP contribution in [0.25, 0.3) is 10.2 Å². The van der Waals surface area contributed by atoms with E-state index in [4.69, 9.17) is 4.74 Å². The van der Waals surface area contributed by atoms with E-state index in [0.717, 1.165) is 10.2 Å². The third-order valence-corrected chi connectivity index (χ3v) is 4.48. The number of amides is 1. The van der Waals surface area contributed by atoms with E-state index in [9.17, 15) is 9.18 Å². The van der Waals surface area contributed by atoms with Crippen LogP contribution in [0.2, 0.25) is 0 Å². The van der Waals surface area contributed by atoms with E-state index in [0.29, 0.717) is 10.6 Å². The zero-order valence-corrected chi connectivity index (χ0v) is 13.3. The van der Waals surface area contributed by atoms with Crippen molar-refractivity contribution in [1.82, 2.24) is 10.3 Å². The van der Waals surface area contributed by atoms with Crippen molar-refractivity contribution in [2.24, 2.45) is 0 Å². The molecule has 0 fully saturated rings. The van der Waals surface area contributed by atoms with Gasteiger partial charge in [-0.1, -0.05) is 24.3 Å². The molecule has 118 valence electrons. The standard InChI is InChI=1S/C17H15FN2O2S/c1-22-14(11-5-4-6-12(18)9-11)10-19-16(21)17-20-13-7-2-3-8-15(13)23-17/h2-9,14H,10H2,1H3,(H,19,21)/t14-/m0/s1. The third-order valence-electron chi connectivity index (χ3n) is 3.44. The lowest BCUT2D eigenvalue weighted by molar-refractivity contribution is 0.0827. The summed E-state index contributed by atoms with van der Waals surface area (Å²) in [6, 6.07) is 13.7. The summed E-state index contributed by atoms with van der Waals surface area (Å²) in [5.41, 5.74) is 1.48. The average molecular weight is 330 g/mol. The van der Waals surface area contributed by atoms with Crippen LogP contribution in [0.5, 0.6) is 0 Å². The molecular formula is C17H15FN2O2S. The van der Waals surface area contributed by atoms with Gasteiger partial charge in [0.1, 0.15) is 5.82 Å². The van der Waals surface area contributed by atoms with Crippen molar-refractivity contribution in [2.45, 2.75) is 6.10 Å². The van der Waals surface area contributed by atoms with Gasteiger partial charge in [-0.25, -0.2) is 9.37 Å². The average Bonchev–Trinajstić information content (AvgIpc) is 2.99. The molecule has 0 spiro atoms. The van der Waals surface area contributed by atoms with Gasteiger partial charge >= 0.3 is 0 Å². The minimum atomic E-state index is -0.413. The zero-order valence-electron chi connectivity index (χ0n) is 12.5. The molecule has 6 heteroatoms. The second-order valence-electron chi connectivity index (χ2n) is 4.98. The number of nitrogens with one attached hydrogen (secondary N) is 1. The zero-order chi connectivity index (χ0) is 16.2. The molecule has 0 aliphatic heterocycles. The Morgan fingerprint density at radius 1 is 1.30 bits per heavy atom. The highest BCUT2D eigenvalue weighted by Crippen LogP contribution is 2.22. The van der Waals surface area contributed by atoms with Crippen LogP contribution >= 0.6 is 11.3 Å². The number of nitrogens with zero attached hydrogens (tertiary/aromatic N) is 1. The van der Waals surface area contributed by atoms with Crippen molar-refractivity contribution in [2.75, 3.05) is 13.7 Å². The monoisotopic (exact) mass is 330 g/mol. The second-order valence-corrected chi connectivity index (χ2v) is 6.01. The van der Waals surface area contributed by atoms with Crippen molar-refractivity contribution in [3.05, 3.63) is 64.9 Å². The quantitative estimate of drug-likeness (QED) is 0.778. The fourth-order valence-corrected chi connectivity index (χ4v) is 3.16. The van der Waals surface area contributed by atoms with Crippen LogP contribution in [-0.2, 0) is 4.74 Å². The number of hydrogen-bond acceptors (Lipinski definition) is 4. The van der Waals surface area contributed by atoms with Gasteiger partial charge in [-0.3, -0.25) is 4.79 Å². The molecule has 1 N–H and O–H groups in total. The summed E-state index contributed by atoms with van der Waals surface area (Å²) in [5, 5.41) is 3.19. The van der Waals surface area contributed by atoms with Crippen LogP contribution in [0.15, 0.2) is 48.5 Å². The Hall–Kier alpha value is -2.31. The molecular weight excluding hydrogens is 315 g/mol. The molecule has 23 heavy (non-hydrogen) atoms. The van der Waals surface area contributed by atoms with E-state index < -0.39 is 6.10 Å². The fourth-order valence-electron chi connectivity index (χ4n) is 2.27. The molecule has 0 radical (unpaired) electrons. The van der Waals surface area contributed by atoms with Crippen molar-refractivity contribution in [1.29, 1.82) is 0 Å². The number of halogens is 1. The predicted molar refractivity (Wildman–Crippen MR) is 88.1 cm³/mol. The van der Waals surface area contributed by atoms with E-state index in [2.05, 4.69) is 10.3 Å². The van der Waals surface area contributed by atoms with Gasteiger partial charge in [0.15, 0.2) is 5.01 Å². The van der Waals surface area contributed by atoms with E-state index in [1.54, 1.807) is 12.1 Å². The number of para-hydroxylation sites is 1. The Labute approximate surface area is 136 Å². The van der Waals surface area contributed by atoms with Gasteiger partial charge in [-0.15, -0.1) is 11.3 Å². The Kier molecular flexibility index (Phi) is 4.64. The molecule has 3 aromatic rings. The van der Waals surface area contributed by atoms with Crippen molar-refractivity contribution < 1.29 is 13.9 Å². The van der Waals surface area contributed by atoms with Crippen LogP contribution in [0.3, 0.4) is 0 Å². The van der Waals surface area contributed by atoms with Gasteiger partial charge in [0.05, 0.1) is 16.3 Å². The summed E-state index contributed by atoms with van der Waals surface area (Å²) in [5.74, 6) is -0.591. The van der Waals surface area contributed by atoms with Gasteiger partial charge in [-0.05, 0) is 29.8 Å². The Balaban J connectivity index is 1.69. The molecule has 1 amide bonds. The lowest BCUT2D eigenvalue weighted by Gasteiger charge is -2.16. The molecule has 0 aliphatic rings. The summed E-state index contributed by atoms with van der Waals surface area (Å²) in [7, 11) is 1.53. The van der Waals surface area contributed by atoms with Crippen LogP contribution in [-0.4, -0.2) is 24.5 Å². The second kappa shape index (κ2) is 6.85. The molecule has 1 aromatic heterocycles. The lowest BCUT2D eigenvalue weighted by atomic mass is 10.1. The van der Waals surface area contributed by atoms with Crippen LogP contribution in [0, 0.1) is 5.82 Å². The number of rotatable bonds is 5. The van der Waals surface area contributed by atoms with Gasteiger partial charge in [0.25, 0.3) is 5.91 Å². The highest BCUT2D eigenvalue weighted by molar-refractivity contribution is 7.20. The number of thiazole rings is 1. The Morgan fingerprint density at radius 3 is 2.87 bits per heavy atom. The van der Waals surface area contributed by atoms with E-state index in [-0.39, 0.29) is 18.3 Å². The molecule has 4 nitrogen and oxygen atoms in total. The molecule has 3 rings (SSSR count). The highest BCUT2D eigenvalue weighted by Gasteiger charge is 2.16. The first-order valence-electron chi connectivity index (χ1n) is 7.09. The number of fused-ring (bicyclic) bond motifs is 1. The Morgan fingerprint density at radius 2 is 2.13 bits per heavy atom. The lowest BCUT2D eigenvalue weighted by Crippen LogP contribution is -2.29. The minimum Gasteiger partial charge on any atom is -0.375 e. The maximum Gasteiger partial charge on any atom is 0.280 e. The highest BCUT2D eigenvalue weighted by atomic mass is 32.1. The van der Waals surface area contributed by atoms with Gasteiger partial charge in [-0.2, -0.15) is 0 Å². The van der Waals surface area contributed by atoms with Gasteiger partial charge in [0.2, 0.25) is 0 Å². The number of methoxy groups -OCH3 is 1. The topological polar surface area (TPSA) is 51.2 Å². The number of hydrogen-bond donors (Lipinski definition) is 1. The molecule has 0 aliphatic carbocycles. The molecule has 0 unspecified atom stereocenters. The summed E-state index contributed by atoms with van der Waals surface area (Å²) < 4.78 is 19.6. The minimum absolute atomic E-state index is 0.245. The first-order valence-corrected chi connectivity index (χ1v) is 7.91. The molecule has 2 aromatic carbocycles. The first-order chi connectivity index (χ1) is 11.2. The predicted octanol–water partition coefficient (Wildman–Crippen LogP) is 3.55. The van der Waals surface area contributed by atoms with E-state index in [1.165, 1.54) is 30.6 Å². The SMILES string of the molecule is CO[C@@H](CNC(=O)c1nc2ccccc2s1)c1cccc(F)c1. The first kappa shape index (κ1) is 15.6. The van der Waals surface area contributed by atoms with Crippen molar-refractivity contribution >= 4 is 27.5 Å². The normalized spacial score (nSPS) is 12.3. The fraction of sp³-hybridized carbons (Fsp3) is 0.176. The maximum absolute atomic E-state index is 13.3.